The fourth-order valence-electron chi connectivity index (χ4n) is 3.88. The highest BCUT2D eigenvalue weighted by atomic mass is 16.6. The highest BCUT2D eigenvalue weighted by Gasteiger charge is 2.61. The molecule has 7 heteroatoms. The highest BCUT2D eigenvalue weighted by Crippen LogP contribution is 2.52. The Morgan fingerprint density at radius 2 is 1.70 bits per heavy atom. The lowest BCUT2D eigenvalue weighted by Crippen LogP contribution is -2.52. The lowest BCUT2D eigenvalue weighted by molar-refractivity contribution is -0.575. The number of ketones is 1. The summed E-state index contributed by atoms with van der Waals surface area (Å²) in [4.78, 5) is 25.0. The van der Waals surface area contributed by atoms with Gasteiger partial charge in [-0.05, 0) is 42.5 Å². The second-order valence-electron chi connectivity index (χ2n) is 6.74. The zero-order chi connectivity index (χ0) is 19.0. The minimum absolute atomic E-state index is 0.0330. The summed E-state index contributed by atoms with van der Waals surface area (Å²) in [5.74, 6) is -0.582. The molecular formula is C20H17NO6. The summed E-state index contributed by atoms with van der Waals surface area (Å²) in [7, 11) is 0. The Balaban J connectivity index is 1.93. The van der Waals surface area contributed by atoms with Crippen LogP contribution >= 0.6 is 0 Å². The molecule has 0 saturated heterocycles. The van der Waals surface area contributed by atoms with Crippen LogP contribution in [-0.2, 0) is 4.79 Å². The van der Waals surface area contributed by atoms with E-state index in [9.17, 15) is 14.9 Å². The zero-order valence-corrected chi connectivity index (χ0v) is 14.5. The largest absolute Gasteiger partial charge is 0.469 e. The topological polar surface area (TPSA) is 99.6 Å². The van der Waals surface area contributed by atoms with Crippen molar-refractivity contribution in [2.75, 3.05) is 0 Å². The molecule has 3 aromatic heterocycles. The van der Waals surface area contributed by atoms with Gasteiger partial charge in [0.25, 0.3) is 0 Å². The Labute approximate surface area is 154 Å². The first-order valence-corrected chi connectivity index (χ1v) is 8.51. The summed E-state index contributed by atoms with van der Waals surface area (Å²) in [5, 5.41) is 12.3. The van der Waals surface area contributed by atoms with Crippen LogP contribution in [0.15, 0.2) is 74.0 Å². The third kappa shape index (κ3) is 2.71. The molecule has 1 aliphatic rings. The normalized spacial score (nSPS) is 27.1. The van der Waals surface area contributed by atoms with Gasteiger partial charge in [-0.1, -0.05) is 0 Å². The van der Waals surface area contributed by atoms with Gasteiger partial charge in [-0.15, -0.1) is 0 Å². The smallest absolute Gasteiger partial charge is 0.243 e. The Bertz CT molecular complexity index is 968. The molecule has 7 nitrogen and oxygen atoms in total. The van der Waals surface area contributed by atoms with Crippen LogP contribution in [0.25, 0.3) is 6.08 Å². The van der Waals surface area contributed by atoms with Gasteiger partial charge in [0.15, 0.2) is 5.78 Å². The van der Waals surface area contributed by atoms with Crippen LogP contribution < -0.4 is 0 Å². The van der Waals surface area contributed by atoms with Crippen molar-refractivity contribution in [2.45, 2.75) is 30.7 Å². The fraction of sp³-hybridized carbons (Fsp3) is 0.250. The number of furan rings is 3. The predicted molar refractivity (Wildman–Crippen MR) is 94.6 cm³/mol. The van der Waals surface area contributed by atoms with Crippen LogP contribution in [0.4, 0.5) is 0 Å². The van der Waals surface area contributed by atoms with Gasteiger partial charge in [0.05, 0.1) is 24.7 Å². The molecule has 0 radical (unpaired) electrons. The minimum atomic E-state index is -1.54. The highest BCUT2D eigenvalue weighted by molar-refractivity contribution is 6.02. The predicted octanol–water partition coefficient (Wildman–Crippen LogP) is 4.42. The van der Waals surface area contributed by atoms with Crippen LogP contribution in [0.2, 0.25) is 0 Å². The lowest BCUT2D eigenvalue weighted by Gasteiger charge is -2.39. The first-order chi connectivity index (χ1) is 13.0. The molecule has 138 valence electrons. The van der Waals surface area contributed by atoms with Crippen molar-refractivity contribution in [3.05, 3.63) is 88.2 Å². The van der Waals surface area contributed by atoms with Crippen molar-refractivity contribution < 1.29 is 23.0 Å². The number of Topliss-reactive ketones (excluding diaryl/α,β-unsaturated/α-hetero) is 1. The van der Waals surface area contributed by atoms with E-state index in [0.29, 0.717) is 22.9 Å². The van der Waals surface area contributed by atoms with Crippen molar-refractivity contribution in [1.29, 1.82) is 0 Å². The molecular weight excluding hydrogens is 350 g/mol. The van der Waals surface area contributed by atoms with Gasteiger partial charge in [0.2, 0.25) is 5.54 Å². The van der Waals surface area contributed by atoms with Gasteiger partial charge in [-0.25, -0.2) is 0 Å². The number of nitrogens with zero attached hydrogens (tertiary/aromatic N) is 1. The maximum Gasteiger partial charge on any atom is 0.243 e. The molecule has 3 heterocycles. The van der Waals surface area contributed by atoms with E-state index in [-0.39, 0.29) is 17.1 Å². The van der Waals surface area contributed by atoms with Crippen LogP contribution in [0.5, 0.6) is 0 Å². The summed E-state index contributed by atoms with van der Waals surface area (Å²) >= 11 is 0. The monoisotopic (exact) mass is 367 g/mol. The van der Waals surface area contributed by atoms with Gasteiger partial charge in [-0.3, -0.25) is 14.9 Å². The van der Waals surface area contributed by atoms with Crippen LogP contribution in [-0.4, -0.2) is 16.2 Å². The van der Waals surface area contributed by atoms with Crippen LogP contribution in [0.1, 0.15) is 42.5 Å². The number of hydrogen-bond donors (Lipinski definition) is 0. The SMILES string of the molecule is CC1([N+](=O)[O-])C(c2ccco2)CC(=O)C(=Cc2ccco2)C1c1ccco1. The van der Waals surface area contributed by atoms with E-state index in [1.165, 1.54) is 25.7 Å². The molecule has 4 rings (SSSR count). The molecule has 0 aliphatic heterocycles. The summed E-state index contributed by atoms with van der Waals surface area (Å²) in [5.41, 5.74) is -1.25. The molecule has 3 aromatic rings. The van der Waals surface area contributed by atoms with Crippen molar-refractivity contribution >= 4 is 11.9 Å². The molecule has 0 aromatic carbocycles. The molecule has 0 amide bonds. The summed E-state index contributed by atoms with van der Waals surface area (Å²) in [6.07, 6.45) is 5.92. The van der Waals surface area contributed by atoms with E-state index in [4.69, 9.17) is 13.3 Å². The number of carbonyl (C=O) groups excluding carboxylic acids is 1. The summed E-state index contributed by atoms with van der Waals surface area (Å²) in [6, 6.07) is 10.0. The second-order valence-corrected chi connectivity index (χ2v) is 6.74. The zero-order valence-electron chi connectivity index (χ0n) is 14.5. The van der Waals surface area contributed by atoms with E-state index in [0.717, 1.165) is 0 Å². The Morgan fingerprint density at radius 1 is 1.07 bits per heavy atom. The number of hydrogen-bond acceptors (Lipinski definition) is 6. The average molecular weight is 367 g/mol. The van der Waals surface area contributed by atoms with E-state index in [2.05, 4.69) is 0 Å². The third-order valence-corrected chi connectivity index (χ3v) is 5.26. The quantitative estimate of drug-likeness (QED) is 0.384. The maximum atomic E-state index is 13.0. The summed E-state index contributed by atoms with van der Waals surface area (Å²) in [6.45, 7) is 1.54. The molecule has 0 N–H and O–H groups in total. The van der Waals surface area contributed by atoms with Crippen LogP contribution in [0, 0.1) is 10.1 Å². The average Bonchev–Trinajstić information content (AvgIpc) is 3.41. The molecule has 0 spiro atoms. The molecule has 3 atom stereocenters. The van der Waals surface area contributed by atoms with Crippen LogP contribution in [0.3, 0.4) is 0 Å². The van der Waals surface area contributed by atoms with Gasteiger partial charge in [-0.2, -0.15) is 0 Å². The van der Waals surface area contributed by atoms with E-state index in [1.54, 1.807) is 42.5 Å². The maximum absolute atomic E-state index is 13.0. The van der Waals surface area contributed by atoms with Gasteiger partial charge < -0.3 is 13.3 Å². The first kappa shape index (κ1) is 17.1. The van der Waals surface area contributed by atoms with E-state index >= 15 is 0 Å². The van der Waals surface area contributed by atoms with E-state index in [1.807, 2.05) is 0 Å². The molecule has 27 heavy (non-hydrogen) atoms. The fourth-order valence-corrected chi connectivity index (χ4v) is 3.88. The molecule has 1 saturated carbocycles. The molecule has 1 fully saturated rings. The second kappa shape index (κ2) is 6.42. The standard InChI is InChI=1S/C20H17NO6/c1-20(21(23)24)15(17-6-3-9-26-17)12-16(22)14(11-13-5-2-8-25-13)19(20)18-7-4-10-27-18/h2-11,15,19H,12H2,1H3. The number of rotatable bonds is 4. The molecule has 3 unspecified atom stereocenters. The molecule has 1 aliphatic carbocycles. The van der Waals surface area contributed by atoms with Gasteiger partial charge in [0.1, 0.15) is 23.2 Å². The van der Waals surface area contributed by atoms with Gasteiger partial charge in [0, 0.05) is 23.8 Å². The third-order valence-electron chi connectivity index (χ3n) is 5.26. The Morgan fingerprint density at radius 3 is 2.26 bits per heavy atom. The Hall–Kier alpha value is -3.35. The minimum Gasteiger partial charge on any atom is -0.469 e. The summed E-state index contributed by atoms with van der Waals surface area (Å²) < 4.78 is 16.3. The van der Waals surface area contributed by atoms with Crippen molar-refractivity contribution in [2.24, 2.45) is 0 Å². The number of carbonyl (C=O) groups is 1. The first-order valence-electron chi connectivity index (χ1n) is 8.51. The Kier molecular flexibility index (Phi) is 4.07. The van der Waals surface area contributed by atoms with Crippen molar-refractivity contribution in [1.82, 2.24) is 0 Å². The molecule has 0 bridgehead atoms. The lowest BCUT2D eigenvalue weighted by atomic mass is 9.62. The van der Waals surface area contributed by atoms with Crippen molar-refractivity contribution in [3.63, 3.8) is 0 Å². The number of nitro groups is 1. The van der Waals surface area contributed by atoms with E-state index < -0.39 is 17.4 Å². The van der Waals surface area contributed by atoms with Gasteiger partial charge >= 0.3 is 0 Å². The van der Waals surface area contributed by atoms with Crippen molar-refractivity contribution in [3.8, 4) is 0 Å².